The van der Waals surface area contributed by atoms with Gasteiger partial charge in [0.1, 0.15) is 18.1 Å². The molecule has 4 aromatic rings. The molecule has 0 spiro atoms. The number of aromatic hydroxyl groups is 1. The fraction of sp³-hybridized carbons (Fsp3) is 0.0455. The number of phenols is 1. The number of hydrogen-bond donors (Lipinski definition) is 2. The van der Waals surface area contributed by atoms with Crippen molar-refractivity contribution in [2.24, 2.45) is 0 Å². The number of hydrogen-bond acceptors (Lipinski definition) is 5. The first kappa shape index (κ1) is 17.2. The van der Waals surface area contributed by atoms with Crippen LogP contribution in [0.4, 0.5) is 5.69 Å². The summed E-state index contributed by atoms with van der Waals surface area (Å²) >= 11 is 1.54. The van der Waals surface area contributed by atoms with Crippen LogP contribution in [0.1, 0.15) is 5.69 Å². The molecular weight excluding hydrogens is 356 g/mol. The number of benzene rings is 3. The molecule has 0 bridgehead atoms. The van der Waals surface area contributed by atoms with Crippen molar-refractivity contribution in [2.45, 2.75) is 16.4 Å². The number of nitrogens with zero attached hydrogens (tertiary/aromatic N) is 1. The van der Waals surface area contributed by atoms with Crippen molar-refractivity contribution in [1.82, 2.24) is 4.98 Å². The molecule has 1 aromatic heterocycles. The Balaban J connectivity index is 1.44. The van der Waals surface area contributed by atoms with Crippen LogP contribution < -0.4 is 10.5 Å². The summed E-state index contributed by atoms with van der Waals surface area (Å²) in [5, 5.41) is 10.5. The number of pyridine rings is 1. The maximum Gasteiger partial charge on any atom is 0.130 e. The molecule has 0 fully saturated rings. The number of nitrogen functional groups attached to an aromatic ring is 1. The van der Waals surface area contributed by atoms with E-state index in [0.717, 1.165) is 26.4 Å². The Kier molecular flexibility index (Phi) is 4.85. The number of rotatable bonds is 5. The Morgan fingerprint density at radius 2 is 1.74 bits per heavy atom. The van der Waals surface area contributed by atoms with Gasteiger partial charge in [0.05, 0.1) is 11.2 Å². The van der Waals surface area contributed by atoms with E-state index in [1.807, 2.05) is 66.7 Å². The average Bonchev–Trinajstić information content (AvgIpc) is 2.70. The third kappa shape index (κ3) is 4.15. The highest BCUT2D eigenvalue weighted by Gasteiger charge is 2.06. The normalized spacial score (nSPS) is 10.8. The van der Waals surface area contributed by atoms with Crippen molar-refractivity contribution in [3.8, 4) is 11.5 Å². The molecule has 27 heavy (non-hydrogen) atoms. The number of phenolic OH excluding ortho intramolecular Hbond substituents is 1. The van der Waals surface area contributed by atoms with E-state index in [1.54, 1.807) is 23.9 Å². The monoisotopic (exact) mass is 374 g/mol. The quantitative estimate of drug-likeness (QED) is 0.467. The summed E-state index contributed by atoms with van der Waals surface area (Å²) in [7, 11) is 0. The second-order valence-corrected chi connectivity index (χ2v) is 7.19. The third-order valence-corrected chi connectivity index (χ3v) is 5.19. The van der Waals surface area contributed by atoms with E-state index in [-0.39, 0.29) is 5.75 Å². The first-order valence-corrected chi connectivity index (χ1v) is 9.33. The van der Waals surface area contributed by atoms with Crippen LogP contribution in [0.3, 0.4) is 0 Å². The minimum atomic E-state index is 0.248. The molecule has 0 unspecified atom stereocenters. The van der Waals surface area contributed by atoms with E-state index >= 15 is 0 Å². The molecule has 0 amide bonds. The maximum atomic E-state index is 9.37. The predicted octanol–water partition coefficient (Wildman–Crippen LogP) is 5.25. The van der Waals surface area contributed by atoms with Gasteiger partial charge in [-0.15, -0.1) is 0 Å². The lowest BCUT2D eigenvalue weighted by Crippen LogP contribution is -1.99. The standard InChI is InChI=1S/C22H18N2O2S/c23-20-13-18(9-12-22(20)27-19-10-7-17(25)8-11-19)26-14-16-6-5-15-3-1-2-4-21(15)24-16/h1-13,25H,14,23H2. The largest absolute Gasteiger partial charge is 0.508 e. The molecule has 3 aromatic carbocycles. The molecule has 4 nitrogen and oxygen atoms in total. The van der Waals surface area contributed by atoms with Gasteiger partial charge in [0.25, 0.3) is 0 Å². The molecule has 0 atom stereocenters. The van der Waals surface area contributed by atoms with Crippen molar-refractivity contribution in [2.75, 3.05) is 5.73 Å². The molecule has 0 aliphatic carbocycles. The van der Waals surface area contributed by atoms with Gasteiger partial charge >= 0.3 is 0 Å². The summed E-state index contributed by atoms with van der Waals surface area (Å²) in [5.41, 5.74) is 8.65. The van der Waals surface area contributed by atoms with Crippen molar-refractivity contribution in [1.29, 1.82) is 0 Å². The molecule has 1 heterocycles. The summed E-state index contributed by atoms with van der Waals surface area (Å²) in [6.45, 7) is 0.384. The zero-order valence-electron chi connectivity index (χ0n) is 14.5. The fourth-order valence-electron chi connectivity index (χ4n) is 2.70. The Hall–Kier alpha value is -3.18. The Labute approximate surface area is 161 Å². The van der Waals surface area contributed by atoms with Gasteiger partial charge < -0.3 is 15.6 Å². The second kappa shape index (κ2) is 7.60. The van der Waals surface area contributed by atoms with E-state index in [2.05, 4.69) is 4.98 Å². The smallest absolute Gasteiger partial charge is 0.130 e. The van der Waals surface area contributed by atoms with Gasteiger partial charge in [0.15, 0.2) is 0 Å². The van der Waals surface area contributed by atoms with Crippen molar-refractivity contribution in [3.05, 3.63) is 84.6 Å². The number of para-hydroxylation sites is 1. The highest BCUT2D eigenvalue weighted by Crippen LogP contribution is 2.34. The maximum absolute atomic E-state index is 9.37. The first-order chi connectivity index (χ1) is 13.2. The molecule has 4 rings (SSSR count). The molecule has 0 saturated carbocycles. The lowest BCUT2D eigenvalue weighted by Gasteiger charge is -2.10. The van der Waals surface area contributed by atoms with Gasteiger partial charge in [-0.3, -0.25) is 0 Å². The summed E-state index contributed by atoms with van der Waals surface area (Å²) in [4.78, 5) is 6.56. The van der Waals surface area contributed by atoms with Crippen LogP contribution in [0.2, 0.25) is 0 Å². The van der Waals surface area contributed by atoms with E-state index in [1.165, 1.54) is 0 Å². The van der Waals surface area contributed by atoms with Crippen LogP contribution in [0.15, 0.2) is 88.7 Å². The van der Waals surface area contributed by atoms with Gasteiger partial charge in [-0.05, 0) is 48.5 Å². The lowest BCUT2D eigenvalue weighted by atomic mass is 10.2. The summed E-state index contributed by atoms with van der Waals surface area (Å²) in [6, 6.07) is 24.7. The third-order valence-electron chi connectivity index (χ3n) is 4.09. The van der Waals surface area contributed by atoms with Crippen molar-refractivity contribution < 1.29 is 9.84 Å². The fourth-order valence-corrected chi connectivity index (χ4v) is 3.54. The molecule has 0 aliphatic rings. The van der Waals surface area contributed by atoms with Gasteiger partial charge in [-0.2, -0.15) is 0 Å². The van der Waals surface area contributed by atoms with E-state index < -0.39 is 0 Å². The van der Waals surface area contributed by atoms with Gasteiger partial charge in [-0.1, -0.05) is 36.0 Å². The average molecular weight is 374 g/mol. The highest BCUT2D eigenvalue weighted by atomic mass is 32.2. The zero-order valence-corrected chi connectivity index (χ0v) is 15.3. The summed E-state index contributed by atoms with van der Waals surface area (Å²) < 4.78 is 5.86. The van der Waals surface area contributed by atoms with Crippen LogP contribution in [-0.2, 0) is 6.61 Å². The number of fused-ring (bicyclic) bond motifs is 1. The van der Waals surface area contributed by atoms with Crippen LogP contribution in [-0.4, -0.2) is 10.1 Å². The number of anilines is 1. The molecular formula is C22H18N2O2S. The zero-order chi connectivity index (χ0) is 18.6. The Morgan fingerprint density at radius 1 is 0.926 bits per heavy atom. The minimum Gasteiger partial charge on any atom is -0.508 e. The topological polar surface area (TPSA) is 68.4 Å². The second-order valence-electron chi connectivity index (χ2n) is 6.08. The Bertz CT molecular complexity index is 1080. The van der Waals surface area contributed by atoms with Gasteiger partial charge in [-0.25, -0.2) is 4.98 Å². The molecule has 0 radical (unpaired) electrons. The van der Waals surface area contributed by atoms with E-state index in [0.29, 0.717) is 18.0 Å². The number of aromatic nitrogens is 1. The highest BCUT2D eigenvalue weighted by molar-refractivity contribution is 7.99. The molecule has 0 aliphatic heterocycles. The molecule has 0 saturated heterocycles. The van der Waals surface area contributed by atoms with Crippen LogP contribution in [0, 0.1) is 0 Å². The van der Waals surface area contributed by atoms with Gasteiger partial charge in [0.2, 0.25) is 0 Å². The number of ether oxygens (including phenoxy) is 1. The van der Waals surface area contributed by atoms with Crippen LogP contribution in [0.5, 0.6) is 11.5 Å². The van der Waals surface area contributed by atoms with Crippen molar-refractivity contribution >= 4 is 28.4 Å². The lowest BCUT2D eigenvalue weighted by molar-refractivity contribution is 0.302. The SMILES string of the molecule is Nc1cc(OCc2ccc3ccccc3n2)ccc1Sc1ccc(O)cc1. The minimum absolute atomic E-state index is 0.248. The predicted molar refractivity (Wildman–Crippen MR) is 109 cm³/mol. The molecule has 134 valence electrons. The summed E-state index contributed by atoms with van der Waals surface area (Å²) in [5.74, 6) is 0.955. The van der Waals surface area contributed by atoms with Crippen LogP contribution in [0.25, 0.3) is 10.9 Å². The van der Waals surface area contributed by atoms with Gasteiger partial charge in [0, 0.05) is 26.9 Å². The summed E-state index contributed by atoms with van der Waals surface area (Å²) in [6.07, 6.45) is 0. The van der Waals surface area contributed by atoms with Crippen LogP contribution >= 0.6 is 11.8 Å². The first-order valence-electron chi connectivity index (χ1n) is 8.51. The number of nitrogens with two attached hydrogens (primary N) is 1. The molecule has 5 heteroatoms. The van der Waals surface area contributed by atoms with Crippen molar-refractivity contribution in [3.63, 3.8) is 0 Å². The van der Waals surface area contributed by atoms with E-state index in [4.69, 9.17) is 10.5 Å². The van der Waals surface area contributed by atoms with E-state index in [9.17, 15) is 5.11 Å². The Morgan fingerprint density at radius 3 is 2.56 bits per heavy atom. The molecule has 3 N–H and O–H groups in total.